The maximum Gasteiger partial charge on any atom is 0.00236 e. The van der Waals surface area contributed by atoms with Crippen molar-refractivity contribution >= 4 is 11.8 Å². The summed E-state index contributed by atoms with van der Waals surface area (Å²) in [6, 6.07) is 0. The molecule has 1 radical (unpaired) electrons. The van der Waals surface area contributed by atoms with E-state index in [-0.39, 0.29) is 0 Å². The van der Waals surface area contributed by atoms with Gasteiger partial charge in [-0.1, -0.05) is 20.8 Å². The van der Waals surface area contributed by atoms with Gasteiger partial charge in [0.15, 0.2) is 0 Å². The monoisotopic (exact) mass is 131 g/mol. The van der Waals surface area contributed by atoms with E-state index in [9.17, 15) is 0 Å². The number of hydrogen-bond donors (Lipinski definition) is 0. The zero-order chi connectivity index (χ0) is 6.57. The average Bonchev–Trinajstić information content (AvgIpc) is 1.67. The van der Waals surface area contributed by atoms with Crippen LogP contribution in [-0.2, 0) is 0 Å². The van der Waals surface area contributed by atoms with Crippen LogP contribution in [0.5, 0.6) is 0 Å². The number of hydrogen-bond acceptors (Lipinski definition) is 1. The Bertz CT molecular complexity index is 50.3. The molecule has 1 heteroatoms. The molecule has 0 saturated carbocycles. The maximum absolute atomic E-state index is 3.72. The zero-order valence-electron chi connectivity index (χ0n) is 5.98. The average molecular weight is 131 g/mol. The molecule has 0 amide bonds. The van der Waals surface area contributed by atoms with Gasteiger partial charge in [0, 0.05) is 6.26 Å². The minimum absolute atomic E-state index is 0.809. The largest absolute Gasteiger partial charge is 0.161 e. The van der Waals surface area contributed by atoms with Crippen molar-refractivity contribution in [3.8, 4) is 0 Å². The molecule has 0 fully saturated rings. The Hall–Kier alpha value is 0.350. The summed E-state index contributed by atoms with van der Waals surface area (Å²) in [4.78, 5) is 0. The summed E-state index contributed by atoms with van der Waals surface area (Å²) in [5.74, 6) is 2.82. The van der Waals surface area contributed by atoms with Crippen molar-refractivity contribution < 1.29 is 0 Å². The summed E-state index contributed by atoms with van der Waals surface area (Å²) in [6.45, 7) is 6.77. The van der Waals surface area contributed by atoms with Crippen LogP contribution in [0.4, 0.5) is 0 Å². The van der Waals surface area contributed by atoms with E-state index in [0.29, 0.717) is 0 Å². The van der Waals surface area contributed by atoms with Gasteiger partial charge in [0.05, 0.1) is 0 Å². The molecule has 0 aromatic carbocycles. The summed E-state index contributed by atoms with van der Waals surface area (Å²) in [5.41, 5.74) is 0. The highest BCUT2D eigenvalue weighted by Crippen LogP contribution is 2.14. The van der Waals surface area contributed by atoms with Crippen molar-refractivity contribution in [2.75, 3.05) is 5.75 Å². The lowest BCUT2D eigenvalue weighted by Gasteiger charge is -2.12. The van der Waals surface area contributed by atoms with Crippen molar-refractivity contribution in [2.24, 2.45) is 11.8 Å². The Morgan fingerprint density at radius 2 is 1.88 bits per heavy atom. The van der Waals surface area contributed by atoms with Crippen LogP contribution in [0.15, 0.2) is 0 Å². The number of rotatable bonds is 3. The Morgan fingerprint density at radius 3 is 2.00 bits per heavy atom. The fourth-order valence-corrected chi connectivity index (χ4v) is 1.14. The van der Waals surface area contributed by atoms with Gasteiger partial charge in [-0.25, -0.2) is 0 Å². The van der Waals surface area contributed by atoms with Crippen LogP contribution in [-0.4, -0.2) is 5.75 Å². The van der Waals surface area contributed by atoms with Gasteiger partial charge in [0.1, 0.15) is 0 Å². The van der Waals surface area contributed by atoms with E-state index in [0.717, 1.165) is 11.8 Å². The fourth-order valence-electron chi connectivity index (χ4n) is 0.378. The first-order valence-electron chi connectivity index (χ1n) is 3.05. The van der Waals surface area contributed by atoms with Gasteiger partial charge in [-0.15, -0.1) is 0 Å². The van der Waals surface area contributed by atoms with Crippen molar-refractivity contribution in [3.63, 3.8) is 0 Å². The highest BCUT2D eigenvalue weighted by Gasteiger charge is 2.03. The summed E-state index contributed by atoms with van der Waals surface area (Å²) in [6.07, 6.45) is 3.72. The van der Waals surface area contributed by atoms with Crippen LogP contribution in [0.1, 0.15) is 20.8 Å². The standard InChI is InChI=1S/C7H15S/c1-6(2)7(3)5-8-4/h6-7H,4-5H2,1-3H3. The SMILES string of the molecule is [CH2]SCC(C)C(C)C. The molecule has 0 bridgehead atoms. The molecule has 1 atom stereocenters. The molecule has 0 saturated heterocycles. The van der Waals surface area contributed by atoms with Crippen LogP contribution in [0, 0.1) is 18.1 Å². The van der Waals surface area contributed by atoms with E-state index in [1.807, 2.05) is 0 Å². The molecule has 0 aromatic heterocycles. The van der Waals surface area contributed by atoms with Gasteiger partial charge in [-0.05, 0) is 17.6 Å². The Morgan fingerprint density at radius 1 is 1.38 bits per heavy atom. The van der Waals surface area contributed by atoms with Crippen molar-refractivity contribution in [3.05, 3.63) is 6.26 Å². The number of thioether (sulfide) groups is 1. The highest BCUT2D eigenvalue weighted by molar-refractivity contribution is 8.00. The lowest BCUT2D eigenvalue weighted by Crippen LogP contribution is -2.05. The molecule has 49 valence electrons. The van der Waals surface area contributed by atoms with Gasteiger partial charge in [0.2, 0.25) is 0 Å². The van der Waals surface area contributed by atoms with Crippen LogP contribution in [0.3, 0.4) is 0 Å². The molecule has 8 heavy (non-hydrogen) atoms. The van der Waals surface area contributed by atoms with Crippen molar-refractivity contribution in [1.29, 1.82) is 0 Å². The smallest absolute Gasteiger partial charge is 0.00236 e. The highest BCUT2D eigenvalue weighted by atomic mass is 32.2. The fraction of sp³-hybridized carbons (Fsp3) is 0.857. The predicted octanol–water partition coefficient (Wildman–Crippen LogP) is 2.80. The topological polar surface area (TPSA) is 0 Å². The van der Waals surface area contributed by atoms with E-state index in [2.05, 4.69) is 27.0 Å². The molecule has 0 aliphatic carbocycles. The summed E-state index contributed by atoms with van der Waals surface area (Å²) >= 11 is 1.69. The molecule has 1 unspecified atom stereocenters. The second-order valence-corrected chi connectivity index (χ2v) is 3.33. The lowest BCUT2D eigenvalue weighted by atomic mass is 10.0. The van der Waals surface area contributed by atoms with Crippen LogP contribution in [0.2, 0.25) is 0 Å². The molecule has 0 rings (SSSR count). The van der Waals surface area contributed by atoms with Crippen molar-refractivity contribution in [2.45, 2.75) is 20.8 Å². The zero-order valence-corrected chi connectivity index (χ0v) is 6.79. The molecule has 0 heterocycles. The third-order valence-electron chi connectivity index (χ3n) is 1.52. The third kappa shape index (κ3) is 3.36. The molecule has 0 N–H and O–H groups in total. The first-order chi connectivity index (χ1) is 3.68. The quantitative estimate of drug-likeness (QED) is 0.567. The van der Waals surface area contributed by atoms with Gasteiger partial charge in [-0.3, -0.25) is 0 Å². The van der Waals surface area contributed by atoms with Crippen molar-refractivity contribution in [1.82, 2.24) is 0 Å². The summed E-state index contributed by atoms with van der Waals surface area (Å²) in [5, 5.41) is 0. The van der Waals surface area contributed by atoms with Crippen LogP contribution < -0.4 is 0 Å². The van der Waals surface area contributed by atoms with Gasteiger partial charge in [0.25, 0.3) is 0 Å². The van der Waals surface area contributed by atoms with E-state index >= 15 is 0 Å². The first kappa shape index (κ1) is 8.35. The molecular weight excluding hydrogens is 116 g/mol. The molecular formula is C7H15S. The predicted molar refractivity (Wildman–Crippen MR) is 41.8 cm³/mol. The Balaban J connectivity index is 3.17. The minimum atomic E-state index is 0.809. The van der Waals surface area contributed by atoms with Gasteiger partial charge >= 0.3 is 0 Å². The molecule has 0 aliphatic rings. The van der Waals surface area contributed by atoms with E-state index in [4.69, 9.17) is 0 Å². The second kappa shape index (κ2) is 4.25. The van der Waals surface area contributed by atoms with Gasteiger partial charge < -0.3 is 0 Å². The van der Waals surface area contributed by atoms with E-state index in [1.165, 1.54) is 5.75 Å². The summed E-state index contributed by atoms with van der Waals surface area (Å²) < 4.78 is 0. The first-order valence-corrected chi connectivity index (χ1v) is 4.21. The van der Waals surface area contributed by atoms with E-state index < -0.39 is 0 Å². The third-order valence-corrected chi connectivity index (χ3v) is 2.28. The second-order valence-electron chi connectivity index (χ2n) is 2.59. The molecule has 0 nitrogen and oxygen atoms in total. The molecule has 0 aromatic rings. The van der Waals surface area contributed by atoms with Crippen LogP contribution in [0.25, 0.3) is 0 Å². The Kier molecular flexibility index (Phi) is 4.44. The maximum atomic E-state index is 3.72. The normalized spacial score (nSPS) is 14.6. The minimum Gasteiger partial charge on any atom is -0.161 e. The Labute approximate surface area is 57.1 Å². The lowest BCUT2D eigenvalue weighted by molar-refractivity contribution is 0.465. The van der Waals surface area contributed by atoms with Gasteiger partial charge in [-0.2, -0.15) is 11.8 Å². The summed E-state index contributed by atoms with van der Waals surface area (Å²) in [7, 11) is 0. The molecule has 0 spiro atoms. The van der Waals surface area contributed by atoms with Crippen LogP contribution >= 0.6 is 11.8 Å². The van der Waals surface area contributed by atoms with E-state index in [1.54, 1.807) is 11.8 Å². The molecule has 0 aliphatic heterocycles.